The monoisotopic (exact) mass is 253 g/mol. The predicted octanol–water partition coefficient (Wildman–Crippen LogP) is 1.06. The Labute approximate surface area is 110 Å². The topological polar surface area (TPSA) is 49.6 Å². The third-order valence-corrected chi connectivity index (χ3v) is 4.43. The van der Waals surface area contributed by atoms with Gasteiger partial charge in [-0.15, -0.1) is 0 Å². The summed E-state index contributed by atoms with van der Waals surface area (Å²) in [6, 6.07) is 0.628. The molecular weight excluding hydrogens is 226 g/mol. The van der Waals surface area contributed by atoms with Gasteiger partial charge in [0, 0.05) is 25.6 Å². The van der Waals surface area contributed by atoms with E-state index in [0.717, 1.165) is 25.9 Å². The van der Waals surface area contributed by atoms with Crippen LogP contribution in [-0.4, -0.2) is 54.5 Å². The Hall–Kier alpha value is -0.610. The van der Waals surface area contributed by atoms with Crippen LogP contribution in [0.15, 0.2) is 0 Å². The third kappa shape index (κ3) is 3.45. The smallest absolute Gasteiger partial charge is 0.222 e. The number of carbonyl (C=O) groups is 1. The maximum Gasteiger partial charge on any atom is 0.222 e. The molecule has 2 aliphatic rings. The number of likely N-dealkylation sites (tertiary alicyclic amines) is 2. The Balaban J connectivity index is 1.72. The Morgan fingerprint density at radius 3 is 2.72 bits per heavy atom. The molecule has 2 rings (SSSR count). The zero-order valence-electron chi connectivity index (χ0n) is 11.6. The van der Waals surface area contributed by atoms with Crippen LogP contribution in [-0.2, 0) is 4.79 Å². The lowest BCUT2D eigenvalue weighted by molar-refractivity contribution is -0.130. The molecule has 2 fully saturated rings. The Kier molecular flexibility index (Phi) is 5.01. The van der Waals surface area contributed by atoms with Crippen molar-refractivity contribution in [1.29, 1.82) is 0 Å². The molecule has 0 radical (unpaired) electrons. The summed E-state index contributed by atoms with van der Waals surface area (Å²) < 4.78 is 0. The van der Waals surface area contributed by atoms with Crippen molar-refractivity contribution in [3.05, 3.63) is 0 Å². The first-order chi connectivity index (χ1) is 8.70. The molecule has 0 spiro atoms. The molecule has 2 unspecified atom stereocenters. The predicted molar refractivity (Wildman–Crippen MR) is 73.2 cm³/mol. The molecule has 4 heteroatoms. The summed E-state index contributed by atoms with van der Waals surface area (Å²) >= 11 is 0. The molecule has 4 nitrogen and oxygen atoms in total. The molecule has 2 heterocycles. The summed E-state index contributed by atoms with van der Waals surface area (Å²) in [6.07, 6.45) is 5.43. The van der Waals surface area contributed by atoms with E-state index in [1.807, 2.05) is 0 Å². The Morgan fingerprint density at radius 1 is 1.33 bits per heavy atom. The van der Waals surface area contributed by atoms with Crippen LogP contribution in [0.5, 0.6) is 0 Å². The minimum Gasteiger partial charge on any atom is -0.341 e. The highest BCUT2D eigenvalue weighted by atomic mass is 16.2. The molecule has 1 amide bonds. The normalized spacial score (nSPS) is 26.8. The van der Waals surface area contributed by atoms with E-state index < -0.39 is 0 Å². The first kappa shape index (κ1) is 13.8. The van der Waals surface area contributed by atoms with Crippen LogP contribution in [0.1, 0.15) is 39.0 Å². The molecule has 0 aromatic rings. The molecular formula is C14H27N3O. The summed E-state index contributed by atoms with van der Waals surface area (Å²) in [4.78, 5) is 16.7. The second-order valence-corrected chi connectivity index (χ2v) is 5.90. The zero-order valence-corrected chi connectivity index (χ0v) is 11.6. The average molecular weight is 253 g/mol. The van der Waals surface area contributed by atoms with Gasteiger partial charge in [0.05, 0.1) is 0 Å². The summed E-state index contributed by atoms with van der Waals surface area (Å²) in [7, 11) is 0. The van der Waals surface area contributed by atoms with E-state index in [9.17, 15) is 4.79 Å². The minimum atomic E-state index is 0.331. The van der Waals surface area contributed by atoms with Gasteiger partial charge in [-0.25, -0.2) is 0 Å². The van der Waals surface area contributed by atoms with Crippen LogP contribution in [0.4, 0.5) is 0 Å². The lowest BCUT2D eigenvalue weighted by Crippen LogP contribution is -2.37. The fraction of sp³-hybridized carbons (Fsp3) is 0.929. The van der Waals surface area contributed by atoms with Gasteiger partial charge in [0.2, 0.25) is 5.91 Å². The van der Waals surface area contributed by atoms with Crippen molar-refractivity contribution >= 4 is 5.91 Å². The van der Waals surface area contributed by atoms with E-state index in [-0.39, 0.29) is 0 Å². The fourth-order valence-corrected chi connectivity index (χ4v) is 3.02. The largest absolute Gasteiger partial charge is 0.341 e. The van der Waals surface area contributed by atoms with Gasteiger partial charge in [0.1, 0.15) is 0 Å². The maximum atomic E-state index is 12.1. The van der Waals surface area contributed by atoms with Gasteiger partial charge < -0.3 is 10.6 Å². The number of hydrogen-bond acceptors (Lipinski definition) is 3. The molecule has 0 aromatic heterocycles. The molecule has 2 atom stereocenters. The molecule has 0 aliphatic carbocycles. The quantitative estimate of drug-likeness (QED) is 0.797. The van der Waals surface area contributed by atoms with Crippen LogP contribution in [0, 0.1) is 5.92 Å². The summed E-state index contributed by atoms with van der Waals surface area (Å²) in [5.41, 5.74) is 5.58. The Morgan fingerprint density at radius 2 is 2.06 bits per heavy atom. The van der Waals surface area contributed by atoms with Gasteiger partial charge in [0.25, 0.3) is 0 Å². The van der Waals surface area contributed by atoms with Crippen LogP contribution in [0.2, 0.25) is 0 Å². The molecule has 0 bridgehead atoms. The maximum absolute atomic E-state index is 12.1. The van der Waals surface area contributed by atoms with Crippen molar-refractivity contribution in [2.24, 2.45) is 11.7 Å². The van der Waals surface area contributed by atoms with Gasteiger partial charge in [-0.1, -0.05) is 6.92 Å². The first-order valence-corrected chi connectivity index (χ1v) is 7.42. The minimum absolute atomic E-state index is 0.331. The van der Waals surface area contributed by atoms with Crippen molar-refractivity contribution in [3.8, 4) is 0 Å². The van der Waals surface area contributed by atoms with Gasteiger partial charge in [-0.2, -0.15) is 0 Å². The van der Waals surface area contributed by atoms with E-state index in [1.54, 1.807) is 0 Å². The van der Waals surface area contributed by atoms with Crippen LogP contribution in [0.25, 0.3) is 0 Å². The molecule has 2 aliphatic heterocycles. The standard InChI is InChI=1S/C14H27N3O/c1-12(10-15)4-5-14(18)17-9-6-13(11-17)16-7-2-3-8-16/h12-13H,2-11,15H2,1H3. The van der Waals surface area contributed by atoms with E-state index in [0.29, 0.717) is 30.8 Å². The SMILES string of the molecule is CC(CN)CCC(=O)N1CCC(N2CCCC2)C1. The molecule has 0 aromatic carbocycles. The molecule has 18 heavy (non-hydrogen) atoms. The number of nitrogens with zero attached hydrogens (tertiary/aromatic N) is 2. The summed E-state index contributed by atoms with van der Waals surface area (Å²) in [6.45, 7) is 7.18. The molecule has 2 N–H and O–H groups in total. The van der Waals surface area contributed by atoms with Gasteiger partial charge in [0.15, 0.2) is 0 Å². The van der Waals surface area contributed by atoms with Crippen molar-refractivity contribution < 1.29 is 4.79 Å². The molecule has 0 saturated carbocycles. The first-order valence-electron chi connectivity index (χ1n) is 7.42. The van der Waals surface area contributed by atoms with Gasteiger partial charge >= 0.3 is 0 Å². The van der Waals surface area contributed by atoms with Crippen molar-refractivity contribution in [3.63, 3.8) is 0 Å². The van der Waals surface area contributed by atoms with E-state index in [2.05, 4.69) is 16.7 Å². The number of carbonyl (C=O) groups excluding carboxylic acids is 1. The van der Waals surface area contributed by atoms with Crippen LogP contribution in [0.3, 0.4) is 0 Å². The zero-order chi connectivity index (χ0) is 13.0. The number of hydrogen-bond donors (Lipinski definition) is 1. The van der Waals surface area contributed by atoms with E-state index >= 15 is 0 Å². The fourth-order valence-electron chi connectivity index (χ4n) is 3.02. The highest BCUT2D eigenvalue weighted by Crippen LogP contribution is 2.21. The lowest BCUT2D eigenvalue weighted by Gasteiger charge is -2.23. The summed E-state index contributed by atoms with van der Waals surface area (Å²) in [5, 5.41) is 0. The molecule has 104 valence electrons. The van der Waals surface area contributed by atoms with Crippen LogP contribution >= 0.6 is 0 Å². The van der Waals surface area contributed by atoms with Crippen molar-refractivity contribution in [2.45, 2.75) is 45.1 Å². The second kappa shape index (κ2) is 6.53. The Bertz CT molecular complexity index is 276. The van der Waals surface area contributed by atoms with E-state index in [4.69, 9.17) is 5.73 Å². The van der Waals surface area contributed by atoms with Gasteiger partial charge in [-0.3, -0.25) is 9.69 Å². The number of amides is 1. The van der Waals surface area contributed by atoms with Crippen LogP contribution < -0.4 is 5.73 Å². The average Bonchev–Trinajstić information content (AvgIpc) is 3.04. The number of rotatable bonds is 5. The van der Waals surface area contributed by atoms with Crippen molar-refractivity contribution in [1.82, 2.24) is 9.80 Å². The number of nitrogens with two attached hydrogens (primary N) is 1. The second-order valence-electron chi connectivity index (χ2n) is 5.90. The lowest BCUT2D eigenvalue weighted by atomic mass is 10.1. The summed E-state index contributed by atoms with van der Waals surface area (Å²) in [5.74, 6) is 0.794. The van der Waals surface area contributed by atoms with E-state index in [1.165, 1.54) is 25.9 Å². The third-order valence-electron chi connectivity index (χ3n) is 4.43. The highest BCUT2D eigenvalue weighted by molar-refractivity contribution is 5.76. The van der Waals surface area contributed by atoms with Gasteiger partial charge in [-0.05, 0) is 51.2 Å². The molecule has 2 saturated heterocycles. The van der Waals surface area contributed by atoms with Crippen molar-refractivity contribution in [2.75, 3.05) is 32.7 Å². The highest BCUT2D eigenvalue weighted by Gasteiger charge is 2.31.